The lowest BCUT2D eigenvalue weighted by Gasteiger charge is -2.25. The van der Waals surface area contributed by atoms with Gasteiger partial charge >= 0.3 is 0 Å². The molecule has 0 aromatic heterocycles. The van der Waals surface area contributed by atoms with Crippen molar-refractivity contribution >= 4 is 29.9 Å². The van der Waals surface area contributed by atoms with Crippen LogP contribution in [0.2, 0.25) is 0 Å². The molecule has 2 fully saturated rings. The first-order valence-corrected chi connectivity index (χ1v) is 10.2. The zero-order valence-electron chi connectivity index (χ0n) is 17.0. The minimum atomic E-state index is -0.162. The molecule has 1 unspecified atom stereocenters. The monoisotopic (exact) mass is 504 g/mol. The molecule has 1 aromatic carbocycles. The molecule has 1 aliphatic heterocycles. The first-order chi connectivity index (χ1) is 13.2. The standard InChI is InChI=1S/C21H33FN4O.HI/c1-3-23-20(24-15-19-8-5-11-26(19)12-13-27-2)25-16-21(9-10-21)17-6-4-7-18(22)14-17;/h4,6-7,14,19H,3,5,8-13,15-16H2,1-2H3,(H2,23,24,25);1H. The molecule has 1 saturated carbocycles. The van der Waals surface area contributed by atoms with Crippen LogP contribution in [0.15, 0.2) is 29.3 Å². The van der Waals surface area contributed by atoms with E-state index in [-0.39, 0.29) is 35.2 Å². The van der Waals surface area contributed by atoms with E-state index in [1.54, 1.807) is 19.2 Å². The predicted molar refractivity (Wildman–Crippen MR) is 123 cm³/mol. The highest BCUT2D eigenvalue weighted by atomic mass is 127. The third-order valence-corrected chi connectivity index (χ3v) is 5.76. The minimum Gasteiger partial charge on any atom is -0.383 e. The van der Waals surface area contributed by atoms with Gasteiger partial charge in [-0.1, -0.05) is 12.1 Å². The van der Waals surface area contributed by atoms with Gasteiger partial charge in [-0.2, -0.15) is 0 Å². The second-order valence-corrected chi connectivity index (χ2v) is 7.69. The number of guanidine groups is 1. The summed E-state index contributed by atoms with van der Waals surface area (Å²) in [7, 11) is 1.76. The van der Waals surface area contributed by atoms with Crippen molar-refractivity contribution in [1.82, 2.24) is 15.5 Å². The van der Waals surface area contributed by atoms with Crippen molar-refractivity contribution in [3.63, 3.8) is 0 Å². The molecular weight excluding hydrogens is 470 g/mol. The van der Waals surface area contributed by atoms with Crippen molar-refractivity contribution in [2.24, 2.45) is 4.99 Å². The topological polar surface area (TPSA) is 48.9 Å². The van der Waals surface area contributed by atoms with E-state index in [1.165, 1.54) is 18.9 Å². The van der Waals surface area contributed by atoms with E-state index in [4.69, 9.17) is 9.73 Å². The maximum atomic E-state index is 13.6. The van der Waals surface area contributed by atoms with Gasteiger partial charge in [0.15, 0.2) is 5.96 Å². The highest BCUT2D eigenvalue weighted by Gasteiger charge is 2.44. The lowest BCUT2D eigenvalue weighted by Crippen LogP contribution is -2.45. The van der Waals surface area contributed by atoms with Crippen LogP contribution < -0.4 is 10.6 Å². The molecule has 1 aliphatic carbocycles. The summed E-state index contributed by atoms with van der Waals surface area (Å²) >= 11 is 0. The maximum absolute atomic E-state index is 13.6. The number of rotatable bonds is 9. The van der Waals surface area contributed by atoms with Gasteiger partial charge in [-0.05, 0) is 56.8 Å². The predicted octanol–water partition coefficient (Wildman–Crippen LogP) is 3.14. The van der Waals surface area contributed by atoms with E-state index in [9.17, 15) is 4.39 Å². The largest absolute Gasteiger partial charge is 0.383 e. The van der Waals surface area contributed by atoms with Crippen molar-refractivity contribution in [2.75, 3.05) is 46.4 Å². The molecule has 2 N–H and O–H groups in total. The minimum absolute atomic E-state index is 0. The van der Waals surface area contributed by atoms with Gasteiger partial charge in [-0.15, -0.1) is 24.0 Å². The zero-order chi connectivity index (χ0) is 19.1. The van der Waals surface area contributed by atoms with Crippen LogP contribution in [0.4, 0.5) is 4.39 Å². The summed E-state index contributed by atoms with van der Waals surface area (Å²) in [5.74, 6) is 0.698. The summed E-state index contributed by atoms with van der Waals surface area (Å²) in [6.07, 6.45) is 4.61. The highest BCUT2D eigenvalue weighted by molar-refractivity contribution is 14.0. The first kappa shape index (κ1) is 23.3. The summed E-state index contributed by atoms with van der Waals surface area (Å²) in [5, 5.41) is 6.86. The molecule has 0 radical (unpaired) electrons. The number of aliphatic imine (C=N–C) groups is 1. The molecule has 1 heterocycles. The normalized spacial score (nSPS) is 21.2. The maximum Gasteiger partial charge on any atom is 0.191 e. The van der Waals surface area contributed by atoms with Crippen molar-refractivity contribution in [3.05, 3.63) is 35.6 Å². The molecule has 2 aliphatic rings. The van der Waals surface area contributed by atoms with Crippen molar-refractivity contribution in [3.8, 4) is 0 Å². The van der Waals surface area contributed by atoms with Gasteiger partial charge in [0, 0.05) is 38.2 Å². The molecule has 28 heavy (non-hydrogen) atoms. The molecule has 0 bridgehead atoms. The molecule has 1 atom stereocenters. The molecule has 5 nitrogen and oxygen atoms in total. The van der Waals surface area contributed by atoms with Gasteiger partial charge in [0.05, 0.1) is 13.2 Å². The van der Waals surface area contributed by atoms with E-state index in [0.29, 0.717) is 12.6 Å². The Hall–Kier alpha value is -0.930. The van der Waals surface area contributed by atoms with E-state index < -0.39 is 0 Å². The van der Waals surface area contributed by atoms with E-state index in [0.717, 1.165) is 57.2 Å². The smallest absolute Gasteiger partial charge is 0.191 e. The molecule has 7 heteroatoms. The second kappa shape index (κ2) is 11.3. The zero-order valence-corrected chi connectivity index (χ0v) is 19.4. The van der Waals surface area contributed by atoms with Crippen LogP contribution in [0.1, 0.15) is 38.2 Å². The summed E-state index contributed by atoms with van der Waals surface area (Å²) in [6.45, 7) is 7.41. The van der Waals surface area contributed by atoms with Crippen molar-refractivity contribution < 1.29 is 9.13 Å². The number of hydrogen-bond donors (Lipinski definition) is 2. The highest BCUT2D eigenvalue weighted by Crippen LogP contribution is 2.48. The van der Waals surface area contributed by atoms with Gasteiger partial charge in [-0.3, -0.25) is 9.89 Å². The third kappa shape index (κ3) is 6.29. The van der Waals surface area contributed by atoms with Gasteiger partial charge in [0.1, 0.15) is 5.82 Å². The Balaban J connectivity index is 0.00000280. The average molecular weight is 504 g/mol. The molecule has 0 amide bonds. The fourth-order valence-electron chi connectivity index (χ4n) is 3.92. The third-order valence-electron chi connectivity index (χ3n) is 5.76. The molecule has 1 aromatic rings. The number of likely N-dealkylation sites (tertiary alicyclic amines) is 1. The van der Waals surface area contributed by atoms with Crippen molar-refractivity contribution in [2.45, 2.75) is 44.1 Å². The Morgan fingerprint density at radius 1 is 1.36 bits per heavy atom. The van der Waals surface area contributed by atoms with E-state index in [1.807, 2.05) is 6.07 Å². The number of halogens is 2. The van der Waals surface area contributed by atoms with Crippen LogP contribution in [-0.2, 0) is 10.2 Å². The Bertz CT molecular complexity index is 639. The lowest BCUT2D eigenvalue weighted by molar-refractivity contribution is 0.141. The number of nitrogens with zero attached hydrogens (tertiary/aromatic N) is 2. The van der Waals surface area contributed by atoms with Gasteiger partial charge < -0.3 is 15.4 Å². The summed E-state index contributed by atoms with van der Waals surface area (Å²) in [5.41, 5.74) is 1.09. The summed E-state index contributed by atoms with van der Waals surface area (Å²) in [6, 6.07) is 7.52. The van der Waals surface area contributed by atoms with E-state index in [2.05, 4.69) is 22.5 Å². The van der Waals surface area contributed by atoms with Crippen LogP contribution in [0.5, 0.6) is 0 Å². The van der Waals surface area contributed by atoms with Crippen molar-refractivity contribution in [1.29, 1.82) is 0 Å². The molecule has 0 spiro atoms. The fraction of sp³-hybridized carbons (Fsp3) is 0.667. The Labute approximate surface area is 185 Å². The van der Waals surface area contributed by atoms with Gasteiger partial charge in [-0.25, -0.2) is 4.39 Å². The van der Waals surface area contributed by atoms with Crippen LogP contribution in [0.25, 0.3) is 0 Å². The number of benzene rings is 1. The fourth-order valence-corrected chi connectivity index (χ4v) is 3.92. The second-order valence-electron chi connectivity index (χ2n) is 7.69. The molecule has 3 rings (SSSR count). The molecule has 1 saturated heterocycles. The summed E-state index contributed by atoms with van der Waals surface area (Å²) < 4.78 is 18.8. The van der Waals surface area contributed by atoms with Gasteiger partial charge in [0.2, 0.25) is 0 Å². The van der Waals surface area contributed by atoms with E-state index >= 15 is 0 Å². The number of hydrogen-bond acceptors (Lipinski definition) is 3. The lowest BCUT2D eigenvalue weighted by atomic mass is 9.96. The van der Waals surface area contributed by atoms with Crippen LogP contribution in [0.3, 0.4) is 0 Å². The SMILES string of the molecule is CCNC(=NCC1(c2cccc(F)c2)CC1)NCC1CCCN1CCOC.I. The first-order valence-electron chi connectivity index (χ1n) is 10.2. The number of nitrogens with one attached hydrogen (secondary N) is 2. The van der Waals surface area contributed by atoms with Crippen LogP contribution in [-0.4, -0.2) is 63.3 Å². The molecule has 158 valence electrons. The van der Waals surface area contributed by atoms with Crippen LogP contribution in [0, 0.1) is 5.82 Å². The van der Waals surface area contributed by atoms with Gasteiger partial charge in [0.25, 0.3) is 0 Å². The number of ether oxygens (including phenoxy) is 1. The number of methoxy groups -OCH3 is 1. The average Bonchev–Trinajstić information content (AvgIpc) is 3.34. The summed E-state index contributed by atoms with van der Waals surface area (Å²) in [4.78, 5) is 7.33. The quantitative estimate of drug-likeness (QED) is 0.308. The molecular formula is C21H34FIN4O. The van der Waals surface area contributed by atoms with Crippen LogP contribution >= 0.6 is 24.0 Å². The Morgan fingerprint density at radius 2 is 2.18 bits per heavy atom. The Morgan fingerprint density at radius 3 is 2.86 bits per heavy atom. The Kier molecular flexibility index (Phi) is 9.43.